The van der Waals surface area contributed by atoms with E-state index in [9.17, 15) is 9.59 Å². The molecule has 158 valence electrons. The molecule has 30 heavy (non-hydrogen) atoms. The summed E-state index contributed by atoms with van der Waals surface area (Å²) in [7, 11) is 4.69. The lowest BCUT2D eigenvalue weighted by molar-refractivity contribution is 0.184. The van der Waals surface area contributed by atoms with Crippen LogP contribution in [0, 0.1) is 13.8 Å². The first kappa shape index (κ1) is 20.2. The Labute approximate surface area is 176 Å². The number of rotatable bonds is 5. The van der Waals surface area contributed by atoms with Gasteiger partial charge < -0.3 is 9.47 Å². The van der Waals surface area contributed by atoms with Crippen LogP contribution in [-0.2, 0) is 18.3 Å². The second kappa shape index (κ2) is 7.33. The van der Waals surface area contributed by atoms with E-state index in [-0.39, 0.29) is 13.2 Å². The fourth-order valence-electron chi connectivity index (χ4n) is 3.73. The Morgan fingerprint density at radius 3 is 2.50 bits per heavy atom. The van der Waals surface area contributed by atoms with Gasteiger partial charge in [0, 0.05) is 25.5 Å². The summed E-state index contributed by atoms with van der Waals surface area (Å²) in [6.07, 6.45) is 0. The minimum absolute atomic E-state index is 0.165. The predicted octanol–water partition coefficient (Wildman–Crippen LogP) is 2.06. The van der Waals surface area contributed by atoms with Crippen molar-refractivity contribution < 1.29 is 9.47 Å². The number of nitrogens with zero attached hydrogens (tertiary/aromatic N) is 5. The molecule has 0 saturated carbocycles. The molecule has 0 unspecified atom stereocenters. The maximum Gasteiger partial charge on any atom is 0.332 e. The van der Waals surface area contributed by atoms with Gasteiger partial charge >= 0.3 is 5.69 Å². The predicted molar refractivity (Wildman–Crippen MR) is 114 cm³/mol. The first-order chi connectivity index (χ1) is 14.3. The molecule has 0 fully saturated rings. The fourth-order valence-corrected chi connectivity index (χ4v) is 3.99. The maximum atomic E-state index is 13.2. The quantitative estimate of drug-likeness (QED) is 0.483. The van der Waals surface area contributed by atoms with Crippen LogP contribution in [0.1, 0.15) is 11.4 Å². The van der Waals surface area contributed by atoms with Crippen LogP contribution in [0.2, 0.25) is 5.02 Å². The highest BCUT2D eigenvalue weighted by Crippen LogP contribution is 2.30. The highest BCUT2D eigenvalue weighted by Gasteiger charge is 2.23. The van der Waals surface area contributed by atoms with Crippen LogP contribution in [0.25, 0.3) is 22.6 Å². The summed E-state index contributed by atoms with van der Waals surface area (Å²) >= 11 is 6.33. The average Bonchev–Trinajstić information content (AvgIpc) is 3.22. The highest BCUT2D eigenvalue weighted by atomic mass is 35.5. The van der Waals surface area contributed by atoms with Gasteiger partial charge in [0.2, 0.25) is 5.78 Å². The van der Waals surface area contributed by atoms with Crippen molar-refractivity contribution in [3.8, 4) is 11.4 Å². The smallest absolute Gasteiger partial charge is 0.332 e. The Bertz CT molecular complexity index is 1410. The van der Waals surface area contributed by atoms with Gasteiger partial charge in [0.05, 0.1) is 31.0 Å². The van der Waals surface area contributed by atoms with Gasteiger partial charge in [-0.1, -0.05) is 11.6 Å². The lowest BCUT2D eigenvalue weighted by Crippen LogP contribution is -2.40. The summed E-state index contributed by atoms with van der Waals surface area (Å²) in [5, 5.41) is 0.462. The summed E-state index contributed by atoms with van der Waals surface area (Å²) < 4.78 is 16.6. The van der Waals surface area contributed by atoms with Gasteiger partial charge in [0.25, 0.3) is 5.56 Å². The number of benzene rings is 1. The number of hydrogen-bond donors (Lipinski definition) is 0. The summed E-state index contributed by atoms with van der Waals surface area (Å²) in [6, 6.07) is 5.42. The Balaban J connectivity index is 2.10. The number of imidazole rings is 2. The van der Waals surface area contributed by atoms with Gasteiger partial charge in [-0.15, -0.1) is 0 Å². The van der Waals surface area contributed by atoms with Crippen molar-refractivity contribution >= 4 is 28.5 Å². The first-order valence-electron chi connectivity index (χ1n) is 9.34. The standard InChI is InChI=1S/C20H22ClN5O4/c1-11-12(2)26-16-17(23(3)20(28)24(18(16)27)8-9-29-4)22-19(26)25(11)13-6-7-15(30-5)14(21)10-13/h6-7,10H,8-9H2,1-5H3. The summed E-state index contributed by atoms with van der Waals surface area (Å²) in [5.74, 6) is 1.09. The molecule has 4 rings (SSSR count). The van der Waals surface area contributed by atoms with E-state index in [0.717, 1.165) is 17.1 Å². The van der Waals surface area contributed by atoms with E-state index in [1.165, 1.54) is 16.2 Å². The van der Waals surface area contributed by atoms with Gasteiger partial charge in [-0.05, 0) is 32.0 Å². The Kier molecular flexibility index (Phi) is 4.95. The van der Waals surface area contributed by atoms with Crippen molar-refractivity contribution in [2.45, 2.75) is 20.4 Å². The summed E-state index contributed by atoms with van der Waals surface area (Å²) in [5.41, 5.74) is 2.36. The Morgan fingerprint density at radius 1 is 1.13 bits per heavy atom. The Morgan fingerprint density at radius 2 is 1.87 bits per heavy atom. The van der Waals surface area contributed by atoms with Crippen molar-refractivity contribution in [1.29, 1.82) is 0 Å². The molecule has 3 aromatic heterocycles. The third kappa shape index (κ3) is 2.77. The zero-order valence-corrected chi connectivity index (χ0v) is 18.1. The number of halogens is 1. The van der Waals surface area contributed by atoms with Gasteiger partial charge in [-0.2, -0.15) is 4.98 Å². The van der Waals surface area contributed by atoms with Crippen molar-refractivity contribution in [2.75, 3.05) is 20.8 Å². The van der Waals surface area contributed by atoms with Crippen molar-refractivity contribution in [3.05, 3.63) is 55.4 Å². The van der Waals surface area contributed by atoms with E-state index >= 15 is 0 Å². The van der Waals surface area contributed by atoms with Crippen LogP contribution in [0.5, 0.6) is 5.75 Å². The number of fused-ring (bicyclic) bond motifs is 3. The van der Waals surface area contributed by atoms with Crippen LogP contribution in [-0.4, -0.2) is 43.9 Å². The molecule has 4 aromatic rings. The average molecular weight is 432 g/mol. The molecule has 10 heteroatoms. The topological polar surface area (TPSA) is 84.7 Å². The molecule has 0 saturated heterocycles. The van der Waals surface area contributed by atoms with Gasteiger partial charge in [0.15, 0.2) is 11.2 Å². The first-order valence-corrected chi connectivity index (χ1v) is 9.72. The number of hydrogen-bond acceptors (Lipinski definition) is 5. The van der Waals surface area contributed by atoms with Crippen molar-refractivity contribution in [1.82, 2.24) is 23.1 Å². The molecule has 9 nitrogen and oxygen atoms in total. The lowest BCUT2D eigenvalue weighted by atomic mass is 10.2. The molecule has 0 amide bonds. The molecule has 0 atom stereocenters. The SMILES string of the molecule is COCCn1c(=O)c2c(nc3n(-c4ccc(OC)c(Cl)c4)c(C)c(C)n23)n(C)c1=O. The molecule has 0 aliphatic heterocycles. The molecule has 0 aliphatic carbocycles. The van der Waals surface area contributed by atoms with Gasteiger partial charge in [-0.25, -0.2) is 4.79 Å². The number of ether oxygens (including phenoxy) is 2. The largest absolute Gasteiger partial charge is 0.495 e. The minimum Gasteiger partial charge on any atom is -0.495 e. The number of aryl methyl sites for hydroxylation is 2. The third-order valence-corrected chi connectivity index (χ3v) is 5.73. The zero-order chi connectivity index (χ0) is 21.7. The molecular weight excluding hydrogens is 410 g/mol. The summed E-state index contributed by atoms with van der Waals surface area (Å²) in [4.78, 5) is 30.6. The van der Waals surface area contributed by atoms with E-state index in [1.54, 1.807) is 30.7 Å². The third-order valence-electron chi connectivity index (χ3n) is 5.43. The normalized spacial score (nSPS) is 11.7. The molecule has 3 heterocycles. The zero-order valence-electron chi connectivity index (χ0n) is 17.4. The van der Waals surface area contributed by atoms with Crippen LogP contribution in [0.3, 0.4) is 0 Å². The van der Waals surface area contributed by atoms with Crippen molar-refractivity contribution in [2.24, 2.45) is 7.05 Å². The Hall–Kier alpha value is -3.04. The summed E-state index contributed by atoms with van der Waals surface area (Å²) in [6.45, 7) is 4.28. The maximum absolute atomic E-state index is 13.2. The van der Waals surface area contributed by atoms with Crippen LogP contribution < -0.4 is 16.0 Å². The molecule has 1 aromatic carbocycles. The van der Waals surface area contributed by atoms with Gasteiger partial charge in [0.1, 0.15) is 5.75 Å². The van der Waals surface area contributed by atoms with E-state index in [1.807, 2.05) is 24.5 Å². The molecular formula is C20H22ClN5O4. The van der Waals surface area contributed by atoms with E-state index in [0.29, 0.717) is 27.7 Å². The fraction of sp³-hybridized carbons (Fsp3) is 0.350. The lowest BCUT2D eigenvalue weighted by Gasteiger charge is -2.09. The molecule has 0 N–H and O–H groups in total. The minimum atomic E-state index is -0.432. The number of aromatic nitrogens is 5. The second-order valence-electron chi connectivity index (χ2n) is 7.04. The molecule has 0 bridgehead atoms. The van der Waals surface area contributed by atoms with Crippen LogP contribution in [0.4, 0.5) is 0 Å². The highest BCUT2D eigenvalue weighted by molar-refractivity contribution is 6.32. The molecule has 0 aliphatic rings. The van der Waals surface area contributed by atoms with Crippen molar-refractivity contribution in [3.63, 3.8) is 0 Å². The van der Waals surface area contributed by atoms with E-state index in [2.05, 4.69) is 4.98 Å². The van der Waals surface area contributed by atoms with Crippen LogP contribution in [0.15, 0.2) is 27.8 Å². The van der Waals surface area contributed by atoms with E-state index in [4.69, 9.17) is 21.1 Å². The van der Waals surface area contributed by atoms with Gasteiger partial charge in [-0.3, -0.25) is 22.9 Å². The monoisotopic (exact) mass is 431 g/mol. The second-order valence-corrected chi connectivity index (χ2v) is 7.44. The van der Waals surface area contributed by atoms with Crippen LogP contribution >= 0.6 is 11.6 Å². The van der Waals surface area contributed by atoms with E-state index < -0.39 is 11.2 Å². The molecule has 0 spiro atoms. The number of methoxy groups -OCH3 is 2. The molecule has 0 radical (unpaired) electrons.